The molecule has 4 nitrogen and oxygen atoms in total. The number of nitrogens with one attached hydrogen (secondary N) is 1. The van der Waals surface area contributed by atoms with Gasteiger partial charge in [0.1, 0.15) is 11.8 Å². The van der Waals surface area contributed by atoms with E-state index in [0.717, 1.165) is 0 Å². The predicted octanol–water partition coefficient (Wildman–Crippen LogP) is 3.55. The Bertz CT molecular complexity index is 650. The third kappa shape index (κ3) is 2.90. The number of hydrogen-bond donors (Lipinski definition) is 2. The zero-order chi connectivity index (χ0) is 13.8. The second-order valence-corrected chi connectivity index (χ2v) is 4.29. The second-order valence-electron chi connectivity index (χ2n) is 3.89. The molecule has 3 N–H and O–H groups in total. The smallest absolute Gasteiger partial charge is 0.121 e. The molecule has 2 aromatic carbocycles. The van der Waals surface area contributed by atoms with Gasteiger partial charge in [-0.05, 0) is 30.3 Å². The lowest BCUT2D eigenvalue weighted by Gasteiger charge is -2.11. The number of nitrogens with two attached hydrogens (primary N) is 1. The van der Waals surface area contributed by atoms with E-state index in [4.69, 9.17) is 27.3 Å². The molecule has 0 fully saturated rings. The first-order valence-electron chi connectivity index (χ1n) is 5.54. The summed E-state index contributed by atoms with van der Waals surface area (Å²) in [6.07, 6.45) is 0. The van der Waals surface area contributed by atoms with Gasteiger partial charge in [0, 0.05) is 11.8 Å². The fourth-order valence-corrected chi connectivity index (χ4v) is 1.80. The first-order valence-corrected chi connectivity index (χ1v) is 5.92. The number of rotatable bonds is 3. The summed E-state index contributed by atoms with van der Waals surface area (Å²) in [5.74, 6) is 0.681. The maximum absolute atomic E-state index is 9.09. The van der Waals surface area contributed by atoms with Gasteiger partial charge in [-0.15, -0.1) is 0 Å². The molecule has 19 heavy (non-hydrogen) atoms. The minimum absolute atomic E-state index is 0.457. The molecule has 0 saturated carbocycles. The van der Waals surface area contributed by atoms with Crippen molar-refractivity contribution in [3.63, 3.8) is 0 Å². The fourth-order valence-electron chi connectivity index (χ4n) is 1.64. The number of nitriles is 1. The summed E-state index contributed by atoms with van der Waals surface area (Å²) in [5.41, 5.74) is 7.96. The zero-order valence-electron chi connectivity index (χ0n) is 10.3. The number of nitrogen functional groups attached to an aromatic ring is 1. The molecule has 0 bridgehead atoms. The van der Waals surface area contributed by atoms with Crippen molar-refractivity contribution in [1.29, 1.82) is 5.26 Å². The molecule has 0 atom stereocenters. The molecular formula is C14H12ClN3O. The van der Waals surface area contributed by atoms with E-state index >= 15 is 0 Å². The first-order chi connectivity index (χ1) is 9.13. The van der Waals surface area contributed by atoms with E-state index in [1.165, 1.54) is 0 Å². The summed E-state index contributed by atoms with van der Waals surface area (Å²) < 4.78 is 5.14. The number of ether oxygens (including phenoxy) is 1. The number of halogens is 1. The SMILES string of the molecule is COc1ccc(Cl)c(Nc2ccc(N)cc2C#N)c1. The quantitative estimate of drug-likeness (QED) is 0.839. The highest BCUT2D eigenvalue weighted by Crippen LogP contribution is 2.31. The van der Waals surface area contributed by atoms with Crippen LogP contribution >= 0.6 is 11.6 Å². The first kappa shape index (κ1) is 13.1. The van der Waals surface area contributed by atoms with Crippen molar-refractivity contribution >= 4 is 28.7 Å². The Morgan fingerprint density at radius 3 is 2.68 bits per heavy atom. The Morgan fingerprint density at radius 2 is 2.00 bits per heavy atom. The van der Waals surface area contributed by atoms with Gasteiger partial charge in [0.2, 0.25) is 0 Å². The predicted molar refractivity (Wildman–Crippen MR) is 76.9 cm³/mol. The minimum atomic E-state index is 0.457. The van der Waals surface area contributed by atoms with Crippen LogP contribution in [-0.4, -0.2) is 7.11 Å². The number of nitrogens with zero attached hydrogens (tertiary/aromatic N) is 1. The number of benzene rings is 2. The summed E-state index contributed by atoms with van der Waals surface area (Å²) >= 11 is 6.10. The van der Waals surface area contributed by atoms with Crippen LogP contribution in [-0.2, 0) is 0 Å². The normalized spacial score (nSPS) is 9.74. The zero-order valence-corrected chi connectivity index (χ0v) is 11.0. The van der Waals surface area contributed by atoms with E-state index in [9.17, 15) is 0 Å². The van der Waals surface area contributed by atoms with Crippen molar-refractivity contribution in [1.82, 2.24) is 0 Å². The Balaban J connectivity index is 2.39. The monoisotopic (exact) mass is 273 g/mol. The van der Waals surface area contributed by atoms with Gasteiger partial charge in [-0.25, -0.2) is 0 Å². The summed E-state index contributed by atoms with van der Waals surface area (Å²) in [7, 11) is 1.58. The van der Waals surface area contributed by atoms with E-state index in [2.05, 4.69) is 11.4 Å². The highest BCUT2D eigenvalue weighted by Gasteiger charge is 2.07. The van der Waals surface area contributed by atoms with Gasteiger partial charge in [0.05, 0.1) is 29.1 Å². The van der Waals surface area contributed by atoms with Crippen molar-refractivity contribution in [2.75, 3.05) is 18.2 Å². The molecule has 5 heteroatoms. The highest BCUT2D eigenvalue weighted by molar-refractivity contribution is 6.33. The second kappa shape index (κ2) is 5.51. The minimum Gasteiger partial charge on any atom is -0.497 e. The average molecular weight is 274 g/mol. The molecule has 0 radical (unpaired) electrons. The van der Waals surface area contributed by atoms with E-state index in [-0.39, 0.29) is 0 Å². The van der Waals surface area contributed by atoms with Crippen LogP contribution in [0.25, 0.3) is 0 Å². The highest BCUT2D eigenvalue weighted by atomic mass is 35.5. The molecule has 0 spiro atoms. The molecule has 0 aliphatic carbocycles. The molecule has 0 aliphatic rings. The molecule has 0 unspecified atom stereocenters. The van der Waals surface area contributed by atoms with E-state index in [1.54, 1.807) is 43.5 Å². The standard InChI is InChI=1S/C14H12ClN3O/c1-19-11-3-4-12(15)14(7-11)18-13-5-2-10(17)6-9(13)8-16/h2-7,18H,17H2,1H3. The van der Waals surface area contributed by atoms with Gasteiger partial charge in [-0.1, -0.05) is 11.6 Å². The Kier molecular flexibility index (Phi) is 3.79. The van der Waals surface area contributed by atoms with Crippen molar-refractivity contribution in [2.45, 2.75) is 0 Å². The van der Waals surface area contributed by atoms with Gasteiger partial charge in [-0.3, -0.25) is 0 Å². The van der Waals surface area contributed by atoms with Crippen molar-refractivity contribution in [2.24, 2.45) is 0 Å². The van der Waals surface area contributed by atoms with Crippen molar-refractivity contribution in [3.8, 4) is 11.8 Å². The topological polar surface area (TPSA) is 71.1 Å². The maximum Gasteiger partial charge on any atom is 0.121 e. The fraction of sp³-hybridized carbons (Fsp3) is 0.0714. The molecule has 0 saturated heterocycles. The van der Waals surface area contributed by atoms with E-state index in [1.807, 2.05) is 0 Å². The number of methoxy groups -OCH3 is 1. The van der Waals surface area contributed by atoms with Gasteiger partial charge in [-0.2, -0.15) is 5.26 Å². The summed E-state index contributed by atoms with van der Waals surface area (Å²) in [6, 6.07) is 12.4. The number of anilines is 3. The largest absolute Gasteiger partial charge is 0.497 e. The Labute approximate surface area is 116 Å². The number of hydrogen-bond acceptors (Lipinski definition) is 4. The van der Waals surface area contributed by atoms with Crippen molar-refractivity contribution < 1.29 is 4.74 Å². The van der Waals surface area contributed by atoms with E-state index < -0.39 is 0 Å². The molecule has 96 valence electrons. The van der Waals surface area contributed by atoms with E-state index in [0.29, 0.717) is 33.4 Å². The Hall–Kier alpha value is -2.38. The van der Waals surface area contributed by atoms with Crippen LogP contribution in [0.2, 0.25) is 5.02 Å². The Morgan fingerprint density at radius 1 is 1.21 bits per heavy atom. The summed E-state index contributed by atoms with van der Waals surface area (Å²) in [4.78, 5) is 0. The molecule has 0 heterocycles. The van der Waals surface area contributed by atoms with Crippen LogP contribution in [0, 0.1) is 11.3 Å². The van der Waals surface area contributed by atoms with Gasteiger partial charge in [0.25, 0.3) is 0 Å². The van der Waals surface area contributed by atoms with Crippen LogP contribution in [0.15, 0.2) is 36.4 Å². The van der Waals surface area contributed by atoms with Gasteiger partial charge < -0.3 is 15.8 Å². The van der Waals surface area contributed by atoms with Crippen LogP contribution in [0.3, 0.4) is 0 Å². The average Bonchev–Trinajstić information content (AvgIpc) is 2.43. The summed E-state index contributed by atoms with van der Waals surface area (Å²) in [6.45, 7) is 0. The molecule has 0 aromatic heterocycles. The van der Waals surface area contributed by atoms with Crippen LogP contribution in [0.1, 0.15) is 5.56 Å². The lowest BCUT2D eigenvalue weighted by molar-refractivity contribution is 0.415. The van der Waals surface area contributed by atoms with Crippen LogP contribution in [0.5, 0.6) is 5.75 Å². The molecule has 2 aromatic rings. The lowest BCUT2D eigenvalue weighted by Crippen LogP contribution is -1.96. The van der Waals surface area contributed by atoms with Crippen LogP contribution in [0.4, 0.5) is 17.1 Å². The molecule has 2 rings (SSSR count). The van der Waals surface area contributed by atoms with Crippen LogP contribution < -0.4 is 15.8 Å². The third-order valence-electron chi connectivity index (χ3n) is 2.61. The maximum atomic E-state index is 9.09. The molecule has 0 aliphatic heterocycles. The van der Waals surface area contributed by atoms with Gasteiger partial charge >= 0.3 is 0 Å². The van der Waals surface area contributed by atoms with Crippen molar-refractivity contribution in [3.05, 3.63) is 47.0 Å². The molecule has 0 amide bonds. The lowest BCUT2D eigenvalue weighted by atomic mass is 10.1. The third-order valence-corrected chi connectivity index (χ3v) is 2.94. The summed E-state index contributed by atoms with van der Waals surface area (Å²) in [5, 5.41) is 12.7. The van der Waals surface area contributed by atoms with Gasteiger partial charge in [0.15, 0.2) is 0 Å². The molecular weight excluding hydrogens is 262 g/mol.